The first-order valence-corrected chi connectivity index (χ1v) is 10.9. The first-order valence-electron chi connectivity index (χ1n) is 10.9. The fraction of sp³-hybridized carbons (Fsp3) is 0.435. The van der Waals surface area contributed by atoms with E-state index in [4.69, 9.17) is 24.6 Å². The van der Waals surface area contributed by atoms with Crippen LogP contribution in [0.5, 0.6) is 11.5 Å². The van der Waals surface area contributed by atoms with Gasteiger partial charge in [0.2, 0.25) is 5.95 Å². The number of benzene rings is 1. The first kappa shape index (κ1) is 23.0. The third-order valence-electron chi connectivity index (χ3n) is 6.54. The summed E-state index contributed by atoms with van der Waals surface area (Å²) in [4.78, 5) is 26.7. The molecule has 0 spiro atoms. The van der Waals surface area contributed by atoms with Gasteiger partial charge in [0.05, 0.1) is 38.1 Å². The molecule has 1 aromatic carbocycles. The van der Waals surface area contributed by atoms with Crippen molar-refractivity contribution in [3.63, 3.8) is 0 Å². The number of ether oxygens (including phenoxy) is 2. The lowest BCUT2D eigenvalue weighted by molar-refractivity contribution is 0.0508. The van der Waals surface area contributed by atoms with Gasteiger partial charge in [-0.25, -0.2) is 4.98 Å². The van der Waals surface area contributed by atoms with Crippen LogP contribution in [0.1, 0.15) is 36.2 Å². The van der Waals surface area contributed by atoms with Crippen LogP contribution in [0, 0.1) is 0 Å². The van der Waals surface area contributed by atoms with E-state index in [1.807, 2.05) is 11.0 Å². The number of methoxy groups -OCH3 is 2. The van der Waals surface area contributed by atoms with E-state index < -0.39 is 0 Å². The highest BCUT2D eigenvalue weighted by atomic mass is 35.5. The second-order valence-corrected chi connectivity index (χ2v) is 8.22. The molecule has 2 aromatic heterocycles. The van der Waals surface area contributed by atoms with Crippen LogP contribution in [0.25, 0.3) is 10.9 Å². The summed E-state index contributed by atoms with van der Waals surface area (Å²) in [6.45, 7) is 1.21. The van der Waals surface area contributed by atoms with Crippen molar-refractivity contribution in [1.29, 1.82) is 0 Å². The number of hydrogen-bond donors (Lipinski definition) is 1. The van der Waals surface area contributed by atoms with Gasteiger partial charge in [-0.05, 0) is 31.0 Å². The van der Waals surface area contributed by atoms with Gasteiger partial charge in [0.25, 0.3) is 5.91 Å². The molecule has 176 valence electrons. The maximum Gasteiger partial charge on any atom is 0.289 e. The lowest BCUT2D eigenvalue weighted by atomic mass is 9.86. The van der Waals surface area contributed by atoms with Crippen LogP contribution in [-0.4, -0.2) is 60.2 Å². The highest BCUT2D eigenvalue weighted by Crippen LogP contribution is 2.37. The minimum absolute atomic E-state index is 0. The number of hydrogen-bond acceptors (Lipinski definition) is 8. The van der Waals surface area contributed by atoms with E-state index in [1.165, 1.54) is 6.26 Å². The number of carbonyl (C=O) groups excluding carboxylic acids is 1. The summed E-state index contributed by atoms with van der Waals surface area (Å²) >= 11 is 0. The van der Waals surface area contributed by atoms with Crippen LogP contribution in [0.2, 0.25) is 0 Å². The van der Waals surface area contributed by atoms with Gasteiger partial charge in [-0.15, -0.1) is 12.4 Å². The molecule has 1 saturated carbocycles. The monoisotopic (exact) mass is 473 g/mol. The molecule has 3 heterocycles. The lowest BCUT2D eigenvalue weighted by Gasteiger charge is -2.49. The van der Waals surface area contributed by atoms with Gasteiger partial charge < -0.3 is 29.4 Å². The molecule has 1 saturated heterocycles. The van der Waals surface area contributed by atoms with Crippen molar-refractivity contribution >= 4 is 41.0 Å². The van der Waals surface area contributed by atoms with Crippen molar-refractivity contribution in [2.75, 3.05) is 37.9 Å². The Morgan fingerprint density at radius 3 is 2.52 bits per heavy atom. The number of furan rings is 1. The first-order chi connectivity index (χ1) is 15.6. The summed E-state index contributed by atoms with van der Waals surface area (Å²) in [6, 6.07) is 7.31. The molecule has 1 amide bonds. The van der Waals surface area contributed by atoms with E-state index in [0.29, 0.717) is 47.6 Å². The molecule has 2 atom stereocenters. The average molecular weight is 474 g/mol. The zero-order chi connectivity index (χ0) is 22.2. The number of carbonyl (C=O) groups is 1. The fourth-order valence-electron chi connectivity index (χ4n) is 5.00. The minimum Gasteiger partial charge on any atom is -0.493 e. The van der Waals surface area contributed by atoms with Gasteiger partial charge in [-0.1, -0.05) is 12.8 Å². The second-order valence-electron chi connectivity index (χ2n) is 8.22. The largest absolute Gasteiger partial charge is 0.493 e. The highest BCUT2D eigenvalue weighted by molar-refractivity contribution is 5.93. The lowest BCUT2D eigenvalue weighted by Crippen LogP contribution is -2.62. The molecule has 9 nitrogen and oxygen atoms in total. The quantitative estimate of drug-likeness (QED) is 0.613. The molecule has 1 aliphatic heterocycles. The zero-order valence-corrected chi connectivity index (χ0v) is 19.5. The number of nitrogens with two attached hydrogens (primary N) is 1. The van der Waals surface area contributed by atoms with Crippen LogP contribution in [0.4, 0.5) is 11.8 Å². The number of nitrogen functional groups attached to an aromatic ring is 1. The standard InChI is InChI=1S/C23H27N5O4.ClH/c1-30-19-12-14-15(13-20(19)31-2)25-23(26-21(14)24)28-10-9-27(16-6-3-4-7-17(16)28)22(29)18-8-5-11-32-18;/h5,8,11-13,16-17H,3-4,6-7,9-10H2,1-2H3,(H2,24,25,26);1H. The Bertz CT molecular complexity index is 1140. The summed E-state index contributed by atoms with van der Waals surface area (Å²) in [7, 11) is 3.18. The summed E-state index contributed by atoms with van der Waals surface area (Å²) in [5.74, 6) is 2.49. The van der Waals surface area contributed by atoms with Crippen molar-refractivity contribution < 1.29 is 18.7 Å². The summed E-state index contributed by atoms with van der Waals surface area (Å²) in [5.41, 5.74) is 7.04. The predicted molar refractivity (Wildman–Crippen MR) is 127 cm³/mol. The van der Waals surface area contributed by atoms with E-state index >= 15 is 0 Å². The molecule has 1 aliphatic carbocycles. The van der Waals surface area contributed by atoms with E-state index in [0.717, 1.165) is 31.1 Å². The molecule has 2 unspecified atom stereocenters. The normalized spacial score (nSPS) is 20.2. The third-order valence-corrected chi connectivity index (χ3v) is 6.54. The van der Waals surface area contributed by atoms with Crippen molar-refractivity contribution in [3.05, 3.63) is 36.3 Å². The van der Waals surface area contributed by atoms with Gasteiger partial charge >= 0.3 is 0 Å². The smallest absolute Gasteiger partial charge is 0.289 e. The summed E-state index contributed by atoms with van der Waals surface area (Å²) in [6.07, 6.45) is 5.65. The number of aromatic nitrogens is 2. The Morgan fingerprint density at radius 2 is 1.82 bits per heavy atom. The Morgan fingerprint density at radius 1 is 1.09 bits per heavy atom. The van der Waals surface area contributed by atoms with Gasteiger partial charge in [0.1, 0.15) is 5.82 Å². The molecular formula is C23H28ClN5O4. The van der Waals surface area contributed by atoms with Gasteiger partial charge in [0, 0.05) is 24.5 Å². The SMILES string of the molecule is COc1cc2nc(N3CCN(C(=O)c4ccco4)C4CCCCC43)nc(N)c2cc1OC.Cl. The molecule has 2 N–H and O–H groups in total. The van der Waals surface area contributed by atoms with E-state index in [1.54, 1.807) is 32.4 Å². The number of rotatable bonds is 4. The second kappa shape index (κ2) is 9.35. The number of anilines is 2. The fourth-order valence-corrected chi connectivity index (χ4v) is 5.00. The minimum atomic E-state index is -0.0534. The maximum atomic E-state index is 13.1. The number of piperazine rings is 1. The molecule has 0 radical (unpaired) electrons. The summed E-state index contributed by atoms with van der Waals surface area (Å²) < 4.78 is 16.2. The van der Waals surface area contributed by atoms with E-state index in [9.17, 15) is 4.79 Å². The Kier molecular flexibility index (Phi) is 6.51. The third kappa shape index (κ3) is 4.01. The number of fused-ring (bicyclic) bond motifs is 2. The number of halogens is 1. The van der Waals surface area contributed by atoms with Crippen LogP contribution in [0.15, 0.2) is 34.9 Å². The van der Waals surface area contributed by atoms with Crippen LogP contribution in [0.3, 0.4) is 0 Å². The molecular weight excluding hydrogens is 446 g/mol. The van der Waals surface area contributed by atoms with Crippen LogP contribution < -0.4 is 20.1 Å². The van der Waals surface area contributed by atoms with Crippen molar-refractivity contribution in [2.24, 2.45) is 0 Å². The number of nitrogens with zero attached hydrogens (tertiary/aromatic N) is 4. The van der Waals surface area contributed by atoms with Crippen molar-refractivity contribution in [1.82, 2.24) is 14.9 Å². The van der Waals surface area contributed by atoms with Gasteiger partial charge in [-0.2, -0.15) is 4.98 Å². The van der Waals surface area contributed by atoms with E-state index in [-0.39, 0.29) is 30.4 Å². The Balaban J connectivity index is 0.00000259. The van der Waals surface area contributed by atoms with E-state index in [2.05, 4.69) is 9.88 Å². The van der Waals surface area contributed by atoms with Crippen LogP contribution >= 0.6 is 12.4 Å². The van der Waals surface area contributed by atoms with Crippen LogP contribution in [-0.2, 0) is 0 Å². The molecule has 2 aliphatic rings. The zero-order valence-electron chi connectivity index (χ0n) is 18.7. The molecule has 10 heteroatoms. The maximum absolute atomic E-state index is 13.1. The molecule has 2 fully saturated rings. The summed E-state index contributed by atoms with van der Waals surface area (Å²) in [5, 5.41) is 0.721. The highest BCUT2D eigenvalue weighted by Gasteiger charge is 2.42. The van der Waals surface area contributed by atoms with Gasteiger partial charge in [-0.3, -0.25) is 4.79 Å². The Hall–Kier alpha value is -3.20. The van der Waals surface area contributed by atoms with Crippen molar-refractivity contribution in [2.45, 2.75) is 37.8 Å². The predicted octanol–water partition coefficient (Wildman–Crippen LogP) is 3.52. The molecule has 3 aromatic rings. The molecule has 33 heavy (non-hydrogen) atoms. The molecule has 0 bridgehead atoms. The topological polar surface area (TPSA) is 107 Å². The Labute approximate surface area is 198 Å². The number of amides is 1. The van der Waals surface area contributed by atoms with Crippen molar-refractivity contribution in [3.8, 4) is 11.5 Å². The molecule has 5 rings (SSSR count). The average Bonchev–Trinajstić information content (AvgIpc) is 3.37. The van der Waals surface area contributed by atoms with Gasteiger partial charge in [0.15, 0.2) is 17.3 Å².